The highest BCUT2D eigenvalue weighted by molar-refractivity contribution is 5.43. The Kier molecular flexibility index (Phi) is 4.51. The summed E-state index contributed by atoms with van der Waals surface area (Å²) in [5.74, 6) is 1.66. The third-order valence-electron chi connectivity index (χ3n) is 4.04. The van der Waals surface area contributed by atoms with Gasteiger partial charge in [0.25, 0.3) is 0 Å². The van der Waals surface area contributed by atoms with Gasteiger partial charge in [-0.1, -0.05) is 30.3 Å². The summed E-state index contributed by atoms with van der Waals surface area (Å²) in [5, 5.41) is 8.44. The van der Waals surface area contributed by atoms with Crippen molar-refractivity contribution in [2.75, 3.05) is 22.9 Å². The number of nitrogens with zero attached hydrogens (tertiary/aromatic N) is 5. The number of hydrogen-bond donors (Lipinski definition) is 0. The van der Waals surface area contributed by atoms with Gasteiger partial charge < -0.3 is 9.80 Å². The van der Waals surface area contributed by atoms with Crippen molar-refractivity contribution in [2.24, 2.45) is 0 Å². The van der Waals surface area contributed by atoms with Gasteiger partial charge in [0.1, 0.15) is 0 Å². The molecule has 3 rings (SSSR count). The van der Waals surface area contributed by atoms with E-state index in [0.29, 0.717) is 12.0 Å². The Bertz CT molecular complexity index is 593. The van der Waals surface area contributed by atoms with Crippen LogP contribution in [-0.2, 0) is 6.54 Å². The van der Waals surface area contributed by atoms with Crippen LogP contribution in [0.3, 0.4) is 0 Å². The Morgan fingerprint density at radius 2 is 1.86 bits per heavy atom. The molecule has 2 aromatic rings. The molecule has 22 heavy (non-hydrogen) atoms. The summed E-state index contributed by atoms with van der Waals surface area (Å²) in [6.45, 7) is 7.25. The second-order valence-electron chi connectivity index (χ2n) is 6.02. The summed E-state index contributed by atoms with van der Waals surface area (Å²) >= 11 is 0. The minimum absolute atomic E-state index is 0.316. The maximum absolute atomic E-state index is 4.75. The molecular formula is C17H23N5. The van der Waals surface area contributed by atoms with Crippen molar-refractivity contribution in [1.29, 1.82) is 0 Å². The fraction of sp³-hybridized carbons (Fsp3) is 0.471. The van der Waals surface area contributed by atoms with E-state index in [1.165, 1.54) is 18.4 Å². The van der Waals surface area contributed by atoms with Gasteiger partial charge in [-0.15, -0.1) is 5.10 Å². The van der Waals surface area contributed by atoms with Gasteiger partial charge in [0, 0.05) is 25.7 Å². The molecule has 116 valence electrons. The number of benzene rings is 1. The van der Waals surface area contributed by atoms with E-state index in [1.807, 2.05) is 6.07 Å². The first-order chi connectivity index (χ1) is 10.7. The van der Waals surface area contributed by atoms with Crippen LogP contribution in [0.4, 0.5) is 11.8 Å². The van der Waals surface area contributed by atoms with E-state index in [-0.39, 0.29) is 0 Å². The molecule has 0 aliphatic carbocycles. The van der Waals surface area contributed by atoms with E-state index < -0.39 is 0 Å². The Hall–Kier alpha value is -2.17. The lowest BCUT2D eigenvalue weighted by atomic mass is 10.2. The lowest BCUT2D eigenvalue weighted by Gasteiger charge is -2.27. The standard InChI is InChI=1S/C17H23N5/c1-14(2)22(13-15-8-4-3-5-9-15)17-19-16(12-18-20-17)21-10-6-7-11-21/h3-5,8-9,12,14H,6-7,10-11,13H2,1-2H3. The van der Waals surface area contributed by atoms with Crippen molar-refractivity contribution in [3.8, 4) is 0 Å². The Labute approximate surface area is 132 Å². The number of anilines is 2. The molecule has 0 amide bonds. The predicted molar refractivity (Wildman–Crippen MR) is 89.0 cm³/mol. The summed E-state index contributed by atoms with van der Waals surface area (Å²) in [4.78, 5) is 9.24. The van der Waals surface area contributed by atoms with Crippen molar-refractivity contribution < 1.29 is 0 Å². The molecule has 0 atom stereocenters. The van der Waals surface area contributed by atoms with Gasteiger partial charge in [-0.05, 0) is 32.3 Å². The average molecular weight is 297 g/mol. The van der Waals surface area contributed by atoms with Crippen LogP contribution >= 0.6 is 0 Å². The smallest absolute Gasteiger partial charge is 0.247 e. The fourth-order valence-electron chi connectivity index (χ4n) is 2.77. The molecule has 1 aromatic heterocycles. The normalized spacial score (nSPS) is 14.6. The first-order valence-corrected chi connectivity index (χ1v) is 7.99. The molecule has 1 fully saturated rings. The van der Waals surface area contributed by atoms with Crippen LogP contribution in [0.5, 0.6) is 0 Å². The van der Waals surface area contributed by atoms with Gasteiger partial charge in [-0.2, -0.15) is 10.1 Å². The molecule has 0 saturated carbocycles. The van der Waals surface area contributed by atoms with Crippen molar-refractivity contribution in [1.82, 2.24) is 15.2 Å². The van der Waals surface area contributed by atoms with Crippen LogP contribution in [0.15, 0.2) is 36.5 Å². The first kappa shape index (κ1) is 14.8. The zero-order valence-corrected chi connectivity index (χ0v) is 13.3. The van der Waals surface area contributed by atoms with Crippen LogP contribution in [0.25, 0.3) is 0 Å². The number of aromatic nitrogens is 3. The highest BCUT2D eigenvalue weighted by Crippen LogP contribution is 2.21. The molecule has 1 aliphatic heterocycles. The lowest BCUT2D eigenvalue weighted by Crippen LogP contribution is -2.32. The van der Waals surface area contributed by atoms with E-state index in [2.05, 4.69) is 58.1 Å². The van der Waals surface area contributed by atoms with Gasteiger partial charge >= 0.3 is 0 Å². The monoisotopic (exact) mass is 297 g/mol. The lowest BCUT2D eigenvalue weighted by molar-refractivity contribution is 0.650. The van der Waals surface area contributed by atoms with Gasteiger partial charge in [-0.3, -0.25) is 0 Å². The molecule has 0 spiro atoms. The topological polar surface area (TPSA) is 45.2 Å². The van der Waals surface area contributed by atoms with Crippen LogP contribution in [-0.4, -0.2) is 34.3 Å². The summed E-state index contributed by atoms with van der Waals surface area (Å²) in [6, 6.07) is 10.7. The predicted octanol–water partition coefficient (Wildman–Crippen LogP) is 2.89. The Balaban J connectivity index is 1.83. The van der Waals surface area contributed by atoms with E-state index in [1.54, 1.807) is 6.20 Å². The van der Waals surface area contributed by atoms with E-state index in [0.717, 1.165) is 25.5 Å². The molecule has 5 heteroatoms. The SMILES string of the molecule is CC(C)N(Cc1ccccc1)c1nncc(N2CCCC2)n1. The maximum atomic E-state index is 4.75. The third kappa shape index (κ3) is 3.35. The molecule has 5 nitrogen and oxygen atoms in total. The molecule has 1 aliphatic rings. The first-order valence-electron chi connectivity index (χ1n) is 7.99. The maximum Gasteiger partial charge on any atom is 0.247 e. The zero-order valence-electron chi connectivity index (χ0n) is 13.3. The molecule has 1 aromatic carbocycles. The zero-order chi connectivity index (χ0) is 15.4. The largest absolute Gasteiger partial charge is 0.355 e. The average Bonchev–Trinajstić information content (AvgIpc) is 3.08. The summed E-state index contributed by atoms with van der Waals surface area (Å²) in [5.41, 5.74) is 1.26. The minimum Gasteiger partial charge on any atom is -0.355 e. The molecule has 0 unspecified atom stereocenters. The third-order valence-corrected chi connectivity index (χ3v) is 4.04. The molecular weight excluding hydrogens is 274 g/mol. The molecule has 2 heterocycles. The van der Waals surface area contributed by atoms with Gasteiger partial charge in [0.05, 0.1) is 6.20 Å². The van der Waals surface area contributed by atoms with Crippen LogP contribution < -0.4 is 9.80 Å². The Morgan fingerprint density at radius 1 is 1.14 bits per heavy atom. The number of hydrogen-bond acceptors (Lipinski definition) is 5. The van der Waals surface area contributed by atoms with Crippen molar-refractivity contribution in [3.63, 3.8) is 0 Å². The van der Waals surface area contributed by atoms with Crippen LogP contribution in [0.2, 0.25) is 0 Å². The van der Waals surface area contributed by atoms with Crippen molar-refractivity contribution >= 4 is 11.8 Å². The van der Waals surface area contributed by atoms with Gasteiger partial charge in [0.15, 0.2) is 5.82 Å². The quantitative estimate of drug-likeness (QED) is 0.849. The Morgan fingerprint density at radius 3 is 2.55 bits per heavy atom. The summed E-state index contributed by atoms with van der Waals surface area (Å²) in [6.07, 6.45) is 4.24. The van der Waals surface area contributed by atoms with Crippen LogP contribution in [0.1, 0.15) is 32.3 Å². The summed E-state index contributed by atoms with van der Waals surface area (Å²) < 4.78 is 0. The van der Waals surface area contributed by atoms with E-state index in [9.17, 15) is 0 Å². The van der Waals surface area contributed by atoms with E-state index >= 15 is 0 Å². The fourth-order valence-corrected chi connectivity index (χ4v) is 2.77. The highest BCUT2D eigenvalue weighted by atomic mass is 15.4. The molecule has 0 bridgehead atoms. The second kappa shape index (κ2) is 6.73. The van der Waals surface area contributed by atoms with Crippen molar-refractivity contribution in [2.45, 2.75) is 39.3 Å². The second-order valence-corrected chi connectivity index (χ2v) is 6.02. The van der Waals surface area contributed by atoms with Crippen LogP contribution in [0, 0.1) is 0 Å². The highest BCUT2D eigenvalue weighted by Gasteiger charge is 2.19. The minimum atomic E-state index is 0.316. The number of rotatable bonds is 5. The molecule has 0 N–H and O–H groups in total. The summed E-state index contributed by atoms with van der Waals surface area (Å²) in [7, 11) is 0. The van der Waals surface area contributed by atoms with Gasteiger partial charge in [-0.25, -0.2) is 0 Å². The molecule has 1 saturated heterocycles. The van der Waals surface area contributed by atoms with Crippen molar-refractivity contribution in [3.05, 3.63) is 42.1 Å². The van der Waals surface area contributed by atoms with E-state index in [4.69, 9.17) is 4.98 Å². The molecule has 0 radical (unpaired) electrons. The van der Waals surface area contributed by atoms with Gasteiger partial charge in [0.2, 0.25) is 5.95 Å².